The first-order valence-corrected chi connectivity index (χ1v) is 9.42. The van der Waals surface area contributed by atoms with Gasteiger partial charge in [-0.25, -0.2) is 0 Å². The summed E-state index contributed by atoms with van der Waals surface area (Å²) in [4.78, 5) is 39.2. The van der Waals surface area contributed by atoms with Crippen molar-refractivity contribution in [3.05, 3.63) is 36.1 Å². The van der Waals surface area contributed by atoms with Crippen LogP contribution < -0.4 is 10.2 Å². The van der Waals surface area contributed by atoms with Gasteiger partial charge in [0.25, 0.3) is 5.91 Å². The van der Waals surface area contributed by atoms with E-state index in [9.17, 15) is 14.4 Å². The molecule has 1 aliphatic heterocycles. The highest BCUT2D eigenvalue weighted by Gasteiger charge is 2.29. The third-order valence-corrected chi connectivity index (χ3v) is 4.96. The van der Waals surface area contributed by atoms with Gasteiger partial charge in [0.05, 0.1) is 11.4 Å². The molecule has 1 aliphatic rings. The summed E-state index contributed by atoms with van der Waals surface area (Å²) in [5.74, 6) is -0.262. The van der Waals surface area contributed by atoms with E-state index < -0.39 is 18.0 Å². The minimum atomic E-state index is -0.987. The number of esters is 1. The first-order valence-electron chi connectivity index (χ1n) is 8.43. The van der Waals surface area contributed by atoms with Crippen molar-refractivity contribution in [3.8, 4) is 0 Å². The molecule has 0 aliphatic carbocycles. The first kappa shape index (κ1) is 19.0. The summed E-state index contributed by atoms with van der Waals surface area (Å²) < 4.78 is 10.2. The molecule has 1 unspecified atom stereocenters. The molecule has 142 valence electrons. The Balaban J connectivity index is 1.63. The number of para-hydroxylation sites is 1. The van der Waals surface area contributed by atoms with E-state index in [2.05, 4.69) is 10.5 Å². The van der Waals surface area contributed by atoms with Gasteiger partial charge >= 0.3 is 5.97 Å². The standard InChI is InChI=1S/C18H19N3O5S/c1-3-13(18(24)19-15-8-11(2)26-20-15)25-17(23)9-21-12-6-4-5-7-14(12)27-10-16(21)22/h4-8,13H,3,9-10H2,1-2H3,(H,19,20,24). The molecule has 2 aromatic rings. The van der Waals surface area contributed by atoms with Gasteiger partial charge < -0.3 is 14.6 Å². The van der Waals surface area contributed by atoms with E-state index in [1.54, 1.807) is 32.0 Å². The summed E-state index contributed by atoms with van der Waals surface area (Å²) in [7, 11) is 0. The zero-order chi connectivity index (χ0) is 19.4. The molecule has 0 spiro atoms. The Kier molecular flexibility index (Phi) is 5.80. The largest absolute Gasteiger partial charge is 0.451 e. The summed E-state index contributed by atoms with van der Waals surface area (Å²) in [6.45, 7) is 3.18. The van der Waals surface area contributed by atoms with E-state index in [0.717, 1.165) is 4.90 Å². The van der Waals surface area contributed by atoms with Crippen LogP contribution in [0.4, 0.5) is 11.5 Å². The Hall–Kier alpha value is -2.81. The predicted molar refractivity (Wildman–Crippen MR) is 99.6 cm³/mol. The molecule has 27 heavy (non-hydrogen) atoms. The van der Waals surface area contributed by atoms with E-state index in [-0.39, 0.29) is 30.4 Å². The Morgan fingerprint density at radius 3 is 2.89 bits per heavy atom. The average Bonchev–Trinajstić information content (AvgIpc) is 3.06. The number of aryl methyl sites for hydroxylation is 1. The number of carbonyl (C=O) groups excluding carboxylic acids is 3. The second-order valence-electron chi connectivity index (χ2n) is 5.94. The maximum absolute atomic E-state index is 12.4. The van der Waals surface area contributed by atoms with Gasteiger partial charge in [-0.3, -0.25) is 19.3 Å². The van der Waals surface area contributed by atoms with Crippen molar-refractivity contribution in [2.75, 3.05) is 22.5 Å². The lowest BCUT2D eigenvalue weighted by molar-refractivity contribution is -0.153. The van der Waals surface area contributed by atoms with E-state index in [0.29, 0.717) is 11.4 Å². The Bertz CT molecular complexity index is 866. The lowest BCUT2D eigenvalue weighted by atomic mass is 10.2. The van der Waals surface area contributed by atoms with Crippen molar-refractivity contribution in [3.63, 3.8) is 0 Å². The average molecular weight is 389 g/mol. The third-order valence-electron chi connectivity index (χ3n) is 3.91. The van der Waals surface area contributed by atoms with Crippen LogP contribution in [0.3, 0.4) is 0 Å². The number of benzene rings is 1. The Morgan fingerprint density at radius 2 is 2.19 bits per heavy atom. The van der Waals surface area contributed by atoms with Crippen LogP contribution in [0, 0.1) is 6.92 Å². The smallest absolute Gasteiger partial charge is 0.326 e. The fraction of sp³-hybridized carbons (Fsp3) is 0.333. The van der Waals surface area contributed by atoms with Crippen LogP contribution in [0.1, 0.15) is 19.1 Å². The highest BCUT2D eigenvalue weighted by atomic mass is 32.2. The second kappa shape index (κ2) is 8.26. The molecule has 8 nitrogen and oxygen atoms in total. The summed E-state index contributed by atoms with van der Waals surface area (Å²) in [6.07, 6.45) is -0.701. The number of fused-ring (bicyclic) bond motifs is 1. The molecule has 1 aromatic carbocycles. The van der Waals surface area contributed by atoms with Crippen molar-refractivity contribution < 1.29 is 23.6 Å². The number of anilines is 2. The van der Waals surface area contributed by atoms with Gasteiger partial charge in [-0.15, -0.1) is 11.8 Å². The molecule has 0 saturated carbocycles. The van der Waals surface area contributed by atoms with Gasteiger partial charge in [-0.05, 0) is 25.5 Å². The van der Waals surface area contributed by atoms with Crippen LogP contribution in [0.2, 0.25) is 0 Å². The zero-order valence-electron chi connectivity index (χ0n) is 14.9. The molecule has 1 N–H and O–H groups in total. The van der Waals surface area contributed by atoms with Crippen LogP contribution in [0.15, 0.2) is 39.8 Å². The maximum atomic E-state index is 12.4. The van der Waals surface area contributed by atoms with Gasteiger partial charge in [0.2, 0.25) is 5.91 Å². The molecule has 1 aromatic heterocycles. The first-order chi connectivity index (χ1) is 13.0. The van der Waals surface area contributed by atoms with Crippen LogP contribution in [-0.4, -0.2) is 41.3 Å². The van der Waals surface area contributed by atoms with E-state index in [1.807, 2.05) is 12.1 Å². The van der Waals surface area contributed by atoms with Crippen LogP contribution >= 0.6 is 11.8 Å². The highest BCUT2D eigenvalue weighted by molar-refractivity contribution is 8.00. The number of carbonyl (C=O) groups is 3. The fourth-order valence-corrected chi connectivity index (χ4v) is 3.54. The number of aromatic nitrogens is 1. The van der Waals surface area contributed by atoms with Crippen LogP contribution in [-0.2, 0) is 19.1 Å². The Labute approximate surface area is 160 Å². The van der Waals surface area contributed by atoms with Crippen molar-refractivity contribution in [1.29, 1.82) is 0 Å². The number of thioether (sulfide) groups is 1. The summed E-state index contributed by atoms with van der Waals surface area (Å²) in [5, 5.41) is 6.22. The number of hydrogen-bond donors (Lipinski definition) is 1. The van der Waals surface area contributed by atoms with Crippen molar-refractivity contribution in [2.24, 2.45) is 0 Å². The topological polar surface area (TPSA) is 102 Å². The van der Waals surface area contributed by atoms with Gasteiger partial charge in [0.15, 0.2) is 11.9 Å². The summed E-state index contributed by atoms with van der Waals surface area (Å²) >= 11 is 1.43. The lowest BCUT2D eigenvalue weighted by Crippen LogP contribution is -2.42. The molecule has 0 saturated heterocycles. The number of ether oxygens (including phenoxy) is 1. The lowest BCUT2D eigenvalue weighted by Gasteiger charge is -2.28. The molecule has 0 bridgehead atoms. The SMILES string of the molecule is CCC(OC(=O)CN1C(=O)CSc2ccccc21)C(=O)Nc1cc(C)on1. The predicted octanol–water partition coefficient (Wildman–Crippen LogP) is 2.38. The number of nitrogens with zero attached hydrogens (tertiary/aromatic N) is 2. The third kappa shape index (κ3) is 4.48. The van der Waals surface area contributed by atoms with Crippen molar-refractivity contribution in [2.45, 2.75) is 31.3 Å². The molecule has 2 amide bonds. The quantitative estimate of drug-likeness (QED) is 0.757. The van der Waals surface area contributed by atoms with E-state index in [4.69, 9.17) is 9.26 Å². The normalized spacial score (nSPS) is 14.4. The van der Waals surface area contributed by atoms with E-state index >= 15 is 0 Å². The molecular weight excluding hydrogens is 370 g/mol. The number of amides is 2. The highest BCUT2D eigenvalue weighted by Crippen LogP contribution is 2.34. The summed E-state index contributed by atoms with van der Waals surface area (Å²) in [5.41, 5.74) is 0.672. The molecule has 1 atom stereocenters. The Morgan fingerprint density at radius 1 is 1.41 bits per heavy atom. The van der Waals surface area contributed by atoms with E-state index in [1.165, 1.54) is 16.7 Å². The number of rotatable bonds is 6. The number of hydrogen-bond acceptors (Lipinski definition) is 7. The van der Waals surface area contributed by atoms with Crippen molar-refractivity contribution in [1.82, 2.24) is 5.16 Å². The molecular formula is C18H19N3O5S. The molecule has 0 fully saturated rings. The van der Waals surface area contributed by atoms with Gasteiger partial charge in [-0.1, -0.05) is 24.2 Å². The van der Waals surface area contributed by atoms with Gasteiger partial charge in [0.1, 0.15) is 12.3 Å². The fourth-order valence-electron chi connectivity index (χ4n) is 2.61. The monoisotopic (exact) mass is 389 g/mol. The minimum Gasteiger partial charge on any atom is -0.451 e. The molecule has 3 rings (SSSR count). The molecule has 0 radical (unpaired) electrons. The summed E-state index contributed by atoms with van der Waals surface area (Å²) in [6, 6.07) is 8.92. The molecule has 2 heterocycles. The number of nitrogens with one attached hydrogen (secondary N) is 1. The van der Waals surface area contributed by atoms with Crippen LogP contribution in [0.5, 0.6) is 0 Å². The minimum absolute atomic E-state index is 0.175. The van der Waals surface area contributed by atoms with Crippen LogP contribution in [0.25, 0.3) is 0 Å². The van der Waals surface area contributed by atoms with Gasteiger partial charge in [0, 0.05) is 11.0 Å². The van der Waals surface area contributed by atoms with Gasteiger partial charge in [-0.2, -0.15) is 0 Å². The second-order valence-corrected chi connectivity index (χ2v) is 6.95. The zero-order valence-corrected chi connectivity index (χ0v) is 15.7. The maximum Gasteiger partial charge on any atom is 0.326 e. The molecule has 9 heteroatoms. The van der Waals surface area contributed by atoms with Crippen molar-refractivity contribution >= 4 is 41.1 Å².